The summed E-state index contributed by atoms with van der Waals surface area (Å²) >= 11 is 3.48. The van der Waals surface area contributed by atoms with Crippen molar-refractivity contribution in [1.82, 2.24) is 34.9 Å². The Morgan fingerprint density at radius 1 is 0.455 bits per heavy atom. The van der Waals surface area contributed by atoms with E-state index in [2.05, 4.69) is 180 Å². The Labute approximate surface area is 331 Å². The van der Waals surface area contributed by atoms with Gasteiger partial charge in [0.25, 0.3) is 5.95 Å². The number of pyridine rings is 2. The zero-order valence-electron chi connectivity index (χ0n) is 32.1. The maximum atomic E-state index is 4.67. The van der Waals surface area contributed by atoms with Crippen LogP contribution in [0.1, 0.15) is 76.8 Å². The van der Waals surface area contributed by atoms with Crippen LogP contribution in [0, 0.1) is 0 Å². The lowest BCUT2D eigenvalue weighted by Crippen LogP contribution is -2.20. The van der Waals surface area contributed by atoms with Gasteiger partial charge in [0.05, 0.1) is 22.4 Å². The van der Waals surface area contributed by atoms with Gasteiger partial charge in [-0.05, 0) is 83.9 Å². The number of aromatic nitrogens is 7. The van der Waals surface area contributed by atoms with Gasteiger partial charge in [-0.15, -0.1) is 20.4 Å². The highest BCUT2D eigenvalue weighted by atomic mass is 32.2. The van der Waals surface area contributed by atoms with Crippen molar-refractivity contribution in [3.05, 3.63) is 162 Å². The van der Waals surface area contributed by atoms with Crippen LogP contribution >= 0.6 is 23.5 Å². The Morgan fingerprint density at radius 2 is 0.909 bits per heavy atom. The van der Waals surface area contributed by atoms with Crippen LogP contribution in [0.15, 0.2) is 153 Å². The quantitative estimate of drug-likeness (QED) is 0.144. The Kier molecular flexibility index (Phi) is 9.55. The van der Waals surface area contributed by atoms with E-state index >= 15 is 0 Å². The molecule has 8 rings (SSSR count). The van der Waals surface area contributed by atoms with E-state index in [0.29, 0.717) is 11.8 Å². The first-order chi connectivity index (χ1) is 26.4. The molecule has 0 atom stereocenters. The van der Waals surface area contributed by atoms with Crippen molar-refractivity contribution in [3.8, 4) is 5.95 Å². The largest absolute Gasteiger partial charge is 0.275 e. The van der Waals surface area contributed by atoms with E-state index < -0.39 is 0 Å². The molecule has 9 heteroatoms. The molecule has 0 fully saturated rings. The third kappa shape index (κ3) is 7.26. The zero-order chi connectivity index (χ0) is 38.4. The third-order valence-corrected chi connectivity index (χ3v) is 12.2. The second kappa shape index (κ2) is 14.4. The van der Waals surface area contributed by atoms with Crippen LogP contribution in [-0.4, -0.2) is 34.9 Å². The maximum Gasteiger partial charge on any atom is 0.273 e. The summed E-state index contributed by atoms with van der Waals surface area (Å²) in [5, 5.41) is 20.7. The molecule has 274 valence electrons. The van der Waals surface area contributed by atoms with Crippen molar-refractivity contribution in [3.63, 3.8) is 0 Å². The van der Waals surface area contributed by atoms with Crippen LogP contribution < -0.4 is 0 Å². The second-order valence-electron chi connectivity index (χ2n) is 15.9. The first-order valence-corrected chi connectivity index (χ1v) is 20.1. The summed E-state index contributed by atoms with van der Waals surface area (Å²) in [7, 11) is 0. The number of fused-ring (bicyclic) bond motifs is 3. The molecule has 4 aromatic heterocycles. The van der Waals surface area contributed by atoms with Gasteiger partial charge in [0.2, 0.25) is 0 Å². The normalized spacial score (nSPS) is 12.4. The van der Waals surface area contributed by atoms with E-state index in [-0.39, 0.29) is 16.2 Å². The van der Waals surface area contributed by atoms with E-state index in [1.807, 2.05) is 36.7 Å². The monoisotopic (exact) mass is 757 g/mol. The maximum absolute atomic E-state index is 4.67. The van der Waals surface area contributed by atoms with E-state index in [1.165, 1.54) is 11.1 Å². The fraction of sp³-hybridized carbons (Fsp3) is 0.217. The molecular formula is C46H43N7S2. The molecule has 7 nitrogen and oxygen atoms in total. The van der Waals surface area contributed by atoms with Crippen LogP contribution in [0.3, 0.4) is 0 Å². The van der Waals surface area contributed by atoms with Crippen molar-refractivity contribution >= 4 is 45.3 Å². The van der Waals surface area contributed by atoms with Gasteiger partial charge in [0, 0.05) is 59.0 Å². The highest BCUT2D eigenvalue weighted by Gasteiger charge is 2.26. The van der Waals surface area contributed by atoms with Gasteiger partial charge < -0.3 is 0 Å². The smallest absolute Gasteiger partial charge is 0.273 e. The SMILES string of the molecule is CC(C)(C)c1nnc(-n2c3cc(Sc4cccc(C(C)(C)c5ccccn5)c4)ccc3c3ccc(Sc4cccc(C(C)(C)c5ccccn5)c4)cc32)nn1. The van der Waals surface area contributed by atoms with E-state index in [9.17, 15) is 0 Å². The summed E-state index contributed by atoms with van der Waals surface area (Å²) in [5.41, 5.74) is 5.76. The number of hydrogen-bond donors (Lipinski definition) is 0. The Hall–Kier alpha value is -5.38. The van der Waals surface area contributed by atoms with Crippen molar-refractivity contribution in [2.24, 2.45) is 0 Å². The highest BCUT2D eigenvalue weighted by Crippen LogP contribution is 2.41. The molecule has 4 aromatic carbocycles. The van der Waals surface area contributed by atoms with Crippen molar-refractivity contribution in [2.75, 3.05) is 0 Å². The number of rotatable bonds is 9. The summed E-state index contributed by atoms with van der Waals surface area (Å²) < 4.78 is 2.10. The average Bonchev–Trinajstić information content (AvgIpc) is 3.51. The molecule has 55 heavy (non-hydrogen) atoms. The Morgan fingerprint density at radius 3 is 1.33 bits per heavy atom. The van der Waals surface area contributed by atoms with Crippen LogP contribution in [0.5, 0.6) is 0 Å². The second-order valence-corrected chi connectivity index (χ2v) is 18.2. The van der Waals surface area contributed by atoms with Crippen LogP contribution in [-0.2, 0) is 16.2 Å². The lowest BCUT2D eigenvalue weighted by atomic mass is 9.81. The minimum atomic E-state index is -0.272. The lowest BCUT2D eigenvalue weighted by Gasteiger charge is -2.25. The van der Waals surface area contributed by atoms with E-state index in [4.69, 9.17) is 0 Å². The van der Waals surface area contributed by atoms with Gasteiger partial charge in [-0.2, -0.15) is 0 Å². The molecule has 0 aliphatic rings. The van der Waals surface area contributed by atoms with E-state index in [1.54, 1.807) is 23.5 Å². The molecule has 8 aromatic rings. The van der Waals surface area contributed by atoms with E-state index in [0.717, 1.165) is 52.8 Å². The predicted octanol–water partition coefficient (Wildman–Crippen LogP) is 11.4. The molecule has 0 radical (unpaired) electrons. The molecular weight excluding hydrogens is 715 g/mol. The minimum Gasteiger partial charge on any atom is -0.275 e. The average molecular weight is 758 g/mol. The zero-order valence-corrected chi connectivity index (χ0v) is 33.8. The molecule has 0 saturated heterocycles. The fourth-order valence-corrected chi connectivity index (χ4v) is 8.69. The molecule has 0 spiro atoms. The predicted molar refractivity (Wildman–Crippen MR) is 225 cm³/mol. The van der Waals surface area contributed by atoms with Crippen molar-refractivity contribution in [2.45, 2.75) is 84.3 Å². The summed E-state index contributed by atoms with van der Waals surface area (Å²) in [6.45, 7) is 15.1. The van der Waals surface area contributed by atoms with Gasteiger partial charge in [0.15, 0.2) is 5.82 Å². The minimum absolute atomic E-state index is 0.239. The molecule has 0 aliphatic heterocycles. The van der Waals surface area contributed by atoms with Gasteiger partial charge in [-0.3, -0.25) is 14.5 Å². The standard InChI is InChI=1S/C46H43N7S2/c1-44(2,3)42-49-51-43(52-50-42)53-38-28-34(54-32-16-12-14-30(26-32)45(4,5)40-18-8-10-24-47-40)20-22-36(38)37-23-21-35(29-39(37)53)55-33-17-13-15-31(27-33)46(6,7)41-19-9-11-25-48-41/h8-29H,1-7H3. The van der Waals surface area contributed by atoms with Gasteiger partial charge in [0.1, 0.15) is 0 Å². The first-order valence-electron chi connectivity index (χ1n) is 18.4. The highest BCUT2D eigenvalue weighted by molar-refractivity contribution is 7.99. The van der Waals surface area contributed by atoms with Gasteiger partial charge in [-0.25, -0.2) is 0 Å². The van der Waals surface area contributed by atoms with Gasteiger partial charge >= 0.3 is 0 Å². The Balaban J connectivity index is 1.19. The van der Waals surface area contributed by atoms with Crippen LogP contribution in [0.2, 0.25) is 0 Å². The summed E-state index contributed by atoms with van der Waals surface area (Å²) in [6, 6.07) is 43.0. The Bertz CT molecular complexity index is 2470. The lowest BCUT2D eigenvalue weighted by molar-refractivity contribution is 0.516. The summed E-state index contributed by atoms with van der Waals surface area (Å²) in [6.07, 6.45) is 3.72. The van der Waals surface area contributed by atoms with Crippen molar-refractivity contribution < 1.29 is 0 Å². The molecule has 0 bridgehead atoms. The number of hydrogen-bond acceptors (Lipinski definition) is 8. The van der Waals surface area contributed by atoms with Crippen LogP contribution in [0.25, 0.3) is 27.8 Å². The first kappa shape index (κ1) is 36.6. The topological polar surface area (TPSA) is 82.3 Å². The van der Waals surface area contributed by atoms with Crippen LogP contribution in [0.4, 0.5) is 0 Å². The molecule has 4 heterocycles. The molecule has 0 N–H and O–H groups in total. The van der Waals surface area contributed by atoms with Gasteiger partial charge in [-0.1, -0.05) is 121 Å². The fourth-order valence-electron chi connectivity index (χ4n) is 6.86. The molecule has 0 saturated carbocycles. The number of nitrogens with zero attached hydrogens (tertiary/aromatic N) is 7. The third-order valence-electron chi connectivity index (χ3n) is 10.2. The van der Waals surface area contributed by atoms with Crippen molar-refractivity contribution in [1.29, 1.82) is 0 Å². The summed E-state index contributed by atoms with van der Waals surface area (Å²) in [5.74, 6) is 1.04. The molecule has 0 unspecified atom stereocenters. The number of benzene rings is 4. The molecule has 0 aliphatic carbocycles. The molecule has 0 amide bonds. The summed E-state index contributed by atoms with van der Waals surface area (Å²) in [4.78, 5) is 13.9.